The van der Waals surface area contributed by atoms with Crippen molar-refractivity contribution in [3.05, 3.63) is 35.0 Å². The van der Waals surface area contributed by atoms with Gasteiger partial charge in [0.1, 0.15) is 5.69 Å². The molecule has 8 heteroatoms. The Labute approximate surface area is 152 Å². The number of halogens is 2. The van der Waals surface area contributed by atoms with Gasteiger partial charge in [0.2, 0.25) is 0 Å². The first-order valence-electron chi connectivity index (χ1n) is 7.63. The number of amides is 1. The van der Waals surface area contributed by atoms with E-state index in [0.717, 1.165) is 24.0 Å². The van der Waals surface area contributed by atoms with Crippen molar-refractivity contribution in [3.8, 4) is 0 Å². The molecule has 24 heavy (non-hydrogen) atoms. The molecule has 132 valence electrons. The number of carbonyl (C=O) groups excluding carboxylic acids is 1. The fourth-order valence-corrected chi connectivity index (χ4v) is 2.72. The summed E-state index contributed by atoms with van der Waals surface area (Å²) in [6.45, 7) is 6.93. The van der Waals surface area contributed by atoms with Crippen LogP contribution >= 0.6 is 24.0 Å². The molecule has 0 radical (unpaired) electrons. The van der Waals surface area contributed by atoms with Gasteiger partial charge in [-0.2, -0.15) is 0 Å². The Hall–Kier alpha value is -1.76. The minimum absolute atomic E-state index is 0. The molecular weight excluding hydrogens is 349 g/mol. The quantitative estimate of drug-likeness (QED) is 0.538. The van der Waals surface area contributed by atoms with Gasteiger partial charge in [-0.05, 0) is 31.3 Å². The monoisotopic (exact) mass is 371 g/mol. The maximum absolute atomic E-state index is 12.7. The van der Waals surface area contributed by atoms with Gasteiger partial charge in [0, 0.05) is 29.0 Å². The molecule has 0 unspecified atom stereocenters. The molecule has 0 fully saturated rings. The number of benzene rings is 1. The molecular formula is C16H23Cl2N5O. The molecule has 1 heterocycles. The van der Waals surface area contributed by atoms with Crippen molar-refractivity contribution in [2.45, 2.75) is 13.8 Å². The number of aromatic nitrogens is 1. The molecule has 0 atom stereocenters. The number of likely N-dealkylation sites (N-methyl/N-ethyl adjacent to an activating group) is 1. The van der Waals surface area contributed by atoms with Crippen LogP contribution in [-0.4, -0.2) is 52.8 Å². The second-order valence-corrected chi connectivity index (χ2v) is 5.66. The minimum Gasteiger partial charge on any atom is -0.370 e. The number of carbonyl (C=O) groups is 1. The summed E-state index contributed by atoms with van der Waals surface area (Å²) in [6.07, 6.45) is 0. The topological polar surface area (TPSA) is 89.2 Å². The van der Waals surface area contributed by atoms with Crippen molar-refractivity contribution in [1.29, 1.82) is 5.41 Å². The van der Waals surface area contributed by atoms with E-state index >= 15 is 0 Å². The third-order valence-corrected chi connectivity index (χ3v) is 4.24. The number of fused-ring (bicyclic) bond motifs is 1. The van der Waals surface area contributed by atoms with Crippen LogP contribution in [0.25, 0.3) is 10.9 Å². The molecule has 1 amide bonds. The Kier molecular flexibility index (Phi) is 7.54. The van der Waals surface area contributed by atoms with Crippen LogP contribution in [0.2, 0.25) is 5.02 Å². The van der Waals surface area contributed by atoms with Crippen LogP contribution in [0.5, 0.6) is 0 Å². The molecule has 0 spiro atoms. The van der Waals surface area contributed by atoms with Crippen molar-refractivity contribution >= 4 is 46.8 Å². The van der Waals surface area contributed by atoms with E-state index in [-0.39, 0.29) is 24.3 Å². The average Bonchev–Trinajstić information content (AvgIpc) is 2.96. The molecule has 0 aliphatic carbocycles. The van der Waals surface area contributed by atoms with Gasteiger partial charge in [-0.25, -0.2) is 0 Å². The van der Waals surface area contributed by atoms with Crippen molar-refractivity contribution in [1.82, 2.24) is 14.8 Å². The van der Waals surface area contributed by atoms with Crippen LogP contribution in [0.3, 0.4) is 0 Å². The lowest BCUT2D eigenvalue weighted by Crippen LogP contribution is -2.45. The molecule has 2 rings (SSSR count). The first-order valence-corrected chi connectivity index (χ1v) is 8.01. The minimum atomic E-state index is -0.322. The fraction of sp³-hybridized carbons (Fsp3) is 0.375. The molecule has 0 saturated heterocycles. The number of hydrogen-bond acceptors (Lipinski definition) is 3. The van der Waals surface area contributed by atoms with E-state index in [2.05, 4.69) is 23.7 Å². The van der Waals surface area contributed by atoms with Crippen molar-refractivity contribution < 1.29 is 4.79 Å². The first-order chi connectivity index (χ1) is 11.0. The molecule has 0 bridgehead atoms. The number of guanidine groups is 1. The molecule has 0 saturated carbocycles. The highest BCUT2D eigenvalue weighted by Gasteiger charge is 2.21. The third kappa shape index (κ3) is 4.41. The van der Waals surface area contributed by atoms with E-state index in [9.17, 15) is 4.79 Å². The number of rotatable bonds is 6. The Bertz CT molecular complexity index is 712. The first kappa shape index (κ1) is 20.3. The number of H-pyrrole nitrogens is 1. The van der Waals surface area contributed by atoms with Gasteiger partial charge >= 0.3 is 0 Å². The predicted octanol–water partition coefficient (Wildman–Crippen LogP) is 2.92. The van der Waals surface area contributed by atoms with Crippen LogP contribution in [0.15, 0.2) is 24.3 Å². The molecule has 6 nitrogen and oxygen atoms in total. The summed E-state index contributed by atoms with van der Waals surface area (Å²) in [5, 5.41) is 9.05. The lowest BCUT2D eigenvalue weighted by molar-refractivity contribution is 0.0828. The SMILES string of the molecule is CCN(CC)CCN(C(=N)N)C(=O)c1cc2c(Cl)cccc2[nH]1.Cl. The molecule has 0 aliphatic rings. The van der Waals surface area contributed by atoms with Crippen LogP contribution < -0.4 is 5.73 Å². The molecule has 1 aromatic heterocycles. The Balaban J connectivity index is 0.00000288. The number of nitrogens with zero attached hydrogens (tertiary/aromatic N) is 2. The summed E-state index contributed by atoms with van der Waals surface area (Å²) in [4.78, 5) is 19.2. The van der Waals surface area contributed by atoms with Gasteiger partial charge in [-0.3, -0.25) is 15.1 Å². The van der Waals surface area contributed by atoms with Crippen LogP contribution in [0, 0.1) is 5.41 Å². The van der Waals surface area contributed by atoms with Gasteiger partial charge in [0.25, 0.3) is 5.91 Å². The van der Waals surface area contributed by atoms with Crippen LogP contribution in [0.4, 0.5) is 0 Å². The highest BCUT2D eigenvalue weighted by atomic mass is 35.5. The summed E-state index contributed by atoms with van der Waals surface area (Å²) in [5.74, 6) is -0.580. The Morgan fingerprint density at radius 2 is 1.96 bits per heavy atom. The highest BCUT2D eigenvalue weighted by molar-refractivity contribution is 6.35. The third-order valence-electron chi connectivity index (χ3n) is 3.91. The number of nitrogens with one attached hydrogen (secondary N) is 2. The zero-order valence-electron chi connectivity index (χ0n) is 13.8. The van der Waals surface area contributed by atoms with Gasteiger partial charge in [-0.15, -0.1) is 12.4 Å². The lowest BCUT2D eigenvalue weighted by atomic mass is 10.2. The van der Waals surface area contributed by atoms with Gasteiger partial charge in [-0.1, -0.05) is 31.5 Å². The Morgan fingerprint density at radius 1 is 1.29 bits per heavy atom. The van der Waals surface area contributed by atoms with Gasteiger partial charge in [0.15, 0.2) is 5.96 Å². The molecule has 4 N–H and O–H groups in total. The summed E-state index contributed by atoms with van der Waals surface area (Å²) < 4.78 is 0. The van der Waals surface area contributed by atoms with Crippen LogP contribution in [-0.2, 0) is 0 Å². The van der Waals surface area contributed by atoms with Crippen LogP contribution in [0.1, 0.15) is 24.3 Å². The molecule has 1 aromatic carbocycles. The summed E-state index contributed by atoms with van der Waals surface area (Å²) in [5.41, 5.74) is 6.76. The van der Waals surface area contributed by atoms with Crippen molar-refractivity contribution in [3.63, 3.8) is 0 Å². The largest absolute Gasteiger partial charge is 0.370 e. The van der Waals surface area contributed by atoms with Crippen molar-refractivity contribution in [2.24, 2.45) is 5.73 Å². The maximum Gasteiger partial charge on any atom is 0.277 e. The maximum atomic E-state index is 12.7. The molecule has 0 aliphatic heterocycles. The number of hydrogen-bond donors (Lipinski definition) is 3. The smallest absolute Gasteiger partial charge is 0.277 e. The van der Waals surface area contributed by atoms with Crippen molar-refractivity contribution in [2.75, 3.05) is 26.2 Å². The predicted molar refractivity (Wildman–Crippen MR) is 101 cm³/mol. The number of nitrogens with two attached hydrogens (primary N) is 1. The summed E-state index contributed by atoms with van der Waals surface area (Å²) >= 11 is 6.14. The van der Waals surface area contributed by atoms with E-state index < -0.39 is 0 Å². The lowest BCUT2D eigenvalue weighted by Gasteiger charge is -2.24. The second-order valence-electron chi connectivity index (χ2n) is 5.25. The normalized spacial score (nSPS) is 10.7. The van der Waals surface area contributed by atoms with Gasteiger partial charge in [0.05, 0.1) is 0 Å². The zero-order valence-corrected chi connectivity index (χ0v) is 15.4. The second kappa shape index (κ2) is 8.92. The number of aromatic amines is 1. The summed E-state index contributed by atoms with van der Waals surface area (Å²) in [6, 6.07) is 7.15. The van der Waals surface area contributed by atoms with E-state index in [4.69, 9.17) is 22.7 Å². The average molecular weight is 372 g/mol. The van der Waals surface area contributed by atoms with E-state index in [0.29, 0.717) is 23.8 Å². The fourth-order valence-electron chi connectivity index (χ4n) is 2.49. The summed E-state index contributed by atoms with van der Waals surface area (Å²) in [7, 11) is 0. The van der Waals surface area contributed by atoms with E-state index in [1.165, 1.54) is 4.90 Å². The van der Waals surface area contributed by atoms with E-state index in [1.807, 2.05) is 12.1 Å². The highest BCUT2D eigenvalue weighted by Crippen LogP contribution is 2.24. The molecule has 2 aromatic rings. The zero-order chi connectivity index (χ0) is 17.0. The standard InChI is InChI=1S/C16H22ClN5O.ClH/c1-3-21(4-2)8-9-22(16(18)19)15(23)14-10-11-12(17)6-5-7-13(11)20-14;/h5-7,10,20H,3-4,8-9H2,1-2H3,(H3,18,19);1H. The Morgan fingerprint density at radius 3 is 2.50 bits per heavy atom. The van der Waals surface area contributed by atoms with E-state index in [1.54, 1.807) is 12.1 Å². The van der Waals surface area contributed by atoms with Gasteiger partial charge < -0.3 is 15.6 Å².